The van der Waals surface area contributed by atoms with Crippen LogP contribution in [0.1, 0.15) is 232 Å². The van der Waals surface area contributed by atoms with Crippen molar-refractivity contribution in [3.8, 4) is 0 Å². The summed E-state index contributed by atoms with van der Waals surface area (Å²) in [5.41, 5.74) is 0. The highest BCUT2D eigenvalue weighted by Gasteiger charge is 2.17. The summed E-state index contributed by atoms with van der Waals surface area (Å²) in [5.74, 6) is -0.0623. The van der Waals surface area contributed by atoms with Gasteiger partial charge in [0.2, 0.25) is 5.91 Å². The molecule has 0 saturated heterocycles. The van der Waals surface area contributed by atoms with Crippen molar-refractivity contribution in [1.29, 1.82) is 0 Å². The van der Waals surface area contributed by atoms with Crippen molar-refractivity contribution in [3.63, 3.8) is 0 Å². The van der Waals surface area contributed by atoms with Crippen molar-refractivity contribution in [2.75, 3.05) is 6.61 Å². The summed E-state index contributed by atoms with van der Waals surface area (Å²) in [5, 5.41) is 22.8. The normalized spacial score (nSPS) is 13.0. The lowest BCUT2D eigenvalue weighted by molar-refractivity contribution is -0.123. The van der Waals surface area contributed by atoms with E-state index in [9.17, 15) is 15.0 Å². The number of carbonyl (C=O) groups excluding carboxylic acids is 1. The molecule has 274 valence electrons. The fourth-order valence-electron chi connectivity index (χ4n) is 6.53. The zero-order chi connectivity index (χ0) is 33.6. The van der Waals surface area contributed by atoms with Gasteiger partial charge in [-0.25, -0.2) is 0 Å². The van der Waals surface area contributed by atoms with E-state index in [-0.39, 0.29) is 12.5 Å². The molecule has 0 aromatic rings. The van der Waals surface area contributed by atoms with Gasteiger partial charge in [-0.2, -0.15) is 0 Å². The quantitative estimate of drug-likeness (QED) is 0.0460. The molecule has 0 fully saturated rings. The standard InChI is InChI=1S/C42H83NO3/c1-3-5-7-9-11-13-14-15-16-17-18-19-20-21-22-23-24-25-26-27-28-30-32-34-36-38-42(46)43-40(39-44)41(45)37-35-33-31-29-12-10-8-6-4-2/h35,37,40-41,44-45H,3-34,36,38-39H2,1-2H3,(H,43,46)/b37-35+/t40-,41+/m0/s1. The number of hydrogen-bond donors (Lipinski definition) is 3. The monoisotopic (exact) mass is 650 g/mol. The Morgan fingerprint density at radius 2 is 0.804 bits per heavy atom. The Bertz CT molecular complexity index is 622. The molecule has 2 atom stereocenters. The van der Waals surface area contributed by atoms with Gasteiger partial charge in [-0.05, 0) is 19.3 Å². The van der Waals surface area contributed by atoms with Crippen molar-refractivity contribution < 1.29 is 15.0 Å². The van der Waals surface area contributed by atoms with Crippen LogP contribution in [0.25, 0.3) is 0 Å². The molecule has 0 radical (unpaired) electrons. The molecule has 1 amide bonds. The lowest BCUT2D eigenvalue weighted by Gasteiger charge is -2.20. The van der Waals surface area contributed by atoms with E-state index >= 15 is 0 Å². The highest BCUT2D eigenvalue weighted by atomic mass is 16.3. The maximum atomic E-state index is 12.3. The summed E-state index contributed by atoms with van der Waals surface area (Å²) in [4.78, 5) is 12.3. The Kier molecular flexibility index (Phi) is 37.8. The third kappa shape index (κ3) is 34.5. The first-order valence-electron chi connectivity index (χ1n) is 20.9. The van der Waals surface area contributed by atoms with Crippen LogP contribution in [0, 0.1) is 0 Å². The Hall–Kier alpha value is -0.870. The van der Waals surface area contributed by atoms with Gasteiger partial charge in [0.1, 0.15) is 0 Å². The molecule has 4 heteroatoms. The van der Waals surface area contributed by atoms with Gasteiger partial charge in [-0.3, -0.25) is 4.79 Å². The van der Waals surface area contributed by atoms with Gasteiger partial charge in [0.05, 0.1) is 18.8 Å². The number of rotatable bonds is 38. The minimum Gasteiger partial charge on any atom is -0.394 e. The van der Waals surface area contributed by atoms with Crippen molar-refractivity contribution in [1.82, 2.24) is 5.32 Å². The maximum Gasteiger partial charge on any atom is 0.220 e. The van der Waals surface area contributed by atoms with Crippen LogP contribution in [0.3, 0.4) is 0 Å². The summed E-state index contributed by atoms with van der Waals surface area (Å²) in [7, 11) is 0. The van der Waals surface area contributed by atoms with E-state index in [2.05, 4.69) is 19.2 Å². The van der Waals surface area contributed by atoms with Crippen LogP contribution in [0.4, 0.5) is 0 Å². The Balaban J connectivity index is 3.43. The number of aliphatic hydroxyl groups is 2. The fourth-order valence-corrected chi connectivity index (χ4v) is 6.53. The lowest BCUT2D eigenvalue weighted by Crippen LogP contribution is -2.45. The van der Waals surface area contributed by atoms with E-state index < -0.39 is 12.1 Å². The smallest absolute Gasteiger partial charge is 0.220 e. The van der Waals surface area contributed by atoms with Crippen LogP contribution in [-0.2, 0) is 4.79 Å². The summed E-state index contributed by atoms with van der Waals surface area (Å²) in [6, 6.07) is -0.614. The van der Waals surface area contributed by atoms with Gasteiger partial charge in [0.25, 0.3) is 0 Å². The average Bonchev–Trinajstić information content (AvgIpc) is 3.06. The third-order valence-corrected chi connectivity index (χ3v) is 9.77. The second-order valence-electron chi connectivity index (χ2n) is 14.4. The summed E-state index contributed by atoms with van der Waals surface area (Å²) >= 11 is 0. The van der Waals surface area contributed by atoms with Gasteiger partial charge >= 0.3 is 0 Å². The molecule has 0 aromatic carbocycles. The van der Waals surface area contributed by atoms with Crippen LogP contribution in [-0.4, -0.2) is 34.9 Å². The minimum atomic E-state index is -0.831. The van der Waals surface area contributed by atoms with Gasteiger partial charge in [-0.15, -0.1) is 0 Å². The van der Waals surface area contributed by atoms with E-state index in [4.69, 9.17) is 0 Å². The summed E-state index contributed by atoms with van der Waals surface area (Å²) < 4.78 is 0. The molecular formula is C42H83NO3. The lowest BCUT2D eigenvalue weighted by atomic mass is 10.0. The van der Waals surface area contributed by atoms with Crippen molar-refractivity contribution in [3.05, 3.63) is 12.2 Å². The number of allylic oxidation sites excluding steroid dienone is 1. The number of amides is 1. The predicted molar refractivity (Wildman–Crippen MR) is 202 cm³/mol. The van der Waals surface area contributed by atoms with Crippen molar-refractivity contribution >= 4 is 5.91 Å². The summed E-state index contributed by atoms with van der Waals surface area (Å²) in [6.45, 7) is 4.29. The SMILES string of the molecule is CCCCCCCCC/C=C/[C@@H](O)[C@H](CO)NC(=O)CCCCCCCCCCCCCCCCCCCCCCCCCCC. The predicted octanol–water partition coefficient (Wildman–Crippen LogP) is 12.7. The molecular weight excluding hydrogens is 566 g/mol. The number of nitrogens with one attached hydrogen (secondary N) is 1. The fraction of sp³-hybridized carbons (Fsp3) is 0.929. The average molecular weight is 650 g/mol. The molecule has 0 aliphatic rings. The van der Waals surface area contributed by atoms with E-state index in [1.165, 1.54) is 186 Å². The van der Waals surface area contributed by atoms with Crippen LogP contribution in [0.2, 0.25) is 0 Å². The minimum absolute atomic E-state index is 0.0623. The zero-order valence-electron chi connectivity index (χ0n) is 31.4. The Morgan fingerprint density at radius 3 is 1.13 bits per heavy atom. The number of hydrogen-bond acceptors (Lipinski definition) is 3. The van der Waals surface area contributed by atoms with Crippen LogP contribution < -0.4 is 5.32 Å². The van der Waals surface area contributed by atoms with Crippen molar-refractivity contribution in [2.24, 2.45) is 0 Å². The molecule has 0 saturated carbocycles. The molecule has 0 unspecified atom stereocenters. The third-order valence-electron chi connectivity index (χ3n) is 9.77. The molecule has 4 nitrogen and oxygen atoms in total. The largest absolute Gasteiger partial charge is 0.394 e. The molecule has 0 aliphatic heterocycles. The van der Waals surface area contributed by atoms with Gasteiger partial charge in [0.15, 0.2) is 0 Å². The second-order valence-corrected chi connectivity index (χ2v) is 14.4. The zero-order valence-corrected chi connectivity index (χ0v) is 31.4. The molecule has 3 N–H and O–H groups in total. The maximum absolute atomic E-state index is 12.3. The number of carbonyl (C=O) groups is 1. The van der Waals surface area contributed by atoms with Crippen LogP contribution >= 0.6 is 0 Å². The molecule has 0 heterocycles. The highest BCUT2D eigenvalue weighted by Crippen LogP contribution is 2.16. The van der Waals surface area contributed by atoms with Gasteiger partial charge in [-0.1, -0.05) is 219 Å². The molecule has 0 bridgehead atoms. The first kappa shape index (κ1) is 45.1. The first-order chi connectivity index (χ1) is 22.7. The van der Waals surface area contributed by atoms with Crippen LogP contribution in [0.15, 0.2) is 12.2 Å². The second kappa shape index (κ2) is 38.6. The number of aliphatic hydroxyl groups excluding tert-OH is 2. The number of unbranched alkanes of at least 4 members (excludes halogenated alkanes) is 31. The Morgan fingerprint density at radius 1 is 0.500 bits per heavy atom. The van der Waals surface area contributed by atoms with Crippen molar-refractivity contribution in [2.45, 2.75) is 244 Å². The molecule has 46 heavy (non-hydrogen) atoms. The van der Waals surface area contributed by atoms with Crippen LogP contribution in [0.5, 0.6) is 0 Å². The van der Waals surface area contributed by atoms with E-state index in [0.717, 1.165) is 25.7 Å². The van der Waals surface area contributed by atoms with E-state index in [1.54, 1.807) is 6.08 Å². The summed E-state index contributed by atoms with van der Waals surface area (Å²) in [6.07, 6.45) is 47.6. The highest BCUT2D eigenvalue weighted by molar-refractivity contribution is 5.76. The molecule has 0 rings (SSSR count). The molecule has 0 aromatic heterocycles. The Labute approximate surface area is 288 Å². The van der Waals surface area contributed by atoms with E-state index in [0.29, 0.717) is 6.42 Å². The van der Waals surface area contributed by atoms with E-state index in [1.807, 2.05) is 6.08 Å². The molecule has 0 spiro atoms. The van der Waals surface area contributed by atoms with Gasteiger partial charge in [0, 0.05) is 6.42 Å². The topological polar surface area (TPSA) is 69.6 Å². The first-order valence-corrected chi connectivity index (χ1v) is 20.9. The van der Waals surface area contributed by atoms with Gasteiger partial charge < -0.3 is 15.5 Å². The molecule has 0 aliphatic carbocycles.